The predicted molar refractivity (Wildman–Crippen MR) is 81.7 cm³/mol. The lowest BCUT2D eigenvalue weighted by molar-refractivity contribution is 0.136. The Morgan fingerprint density at radius 3 is 2.81 bits per heavy atom. The smallest absolute Gasteiger partial charge is 0.243 e. The molecule has 0 spiro atoms. The van der Waals surface area contributed by atoms with Gasteiger partial charge in [0.05, 0.1) is 12.8 Å². The van der Waals surface area contributed by atoms with Gasteiger partial charge in [0.25, 0.3) is 0 Å². The number of hydrogen-bond acceptors (Lipinski definition) is 5. The van der Waals surface area contributed by atoms with Crippen molar-refractivity contribution in [3.63, 3.8) is 0 Å². The number of aryl methyl sites for hydroxylation is 1. The lowest BCUT2D eigenvalue weighted by atomic mass is 10.4. The summed E-state index contributed by atoms with van der Waals surface area (Å²) in [7, 11) is -1.61. The molecule has 0 fully saturated rings. The maximum absolute atomic E-state index is 12.0. The number of aromatic nitrogens is 2. The van der Waals surface area contributed by atoms with Gasteiger partial charge in [-0.05, 0) is 26.4 Å². The molecule has 0 aliphatic heterocycles. The minimum atomic E-state index is -3.49. The van der Waals surface area contributed by atoms with Crippen LogP contribution in [0.3, 0.4) is 0 Å². The fourth-order valence-corrected chi connectivity index (χ4v) is 2.67. The first-order valence-corrected chi connectivity index (χ1v) is 8.83. The maximum atomic E-state index is 12.0. The molecule has 122 valence electrons. The van der Waals surface area contributed by atoms with Crippen LogP contribution in [0.15, 0.2) is 17.3 Å². The van der Waals surface area contributed by atoms with E-state index in [9.17, 15) is 8.42 Å². The number of hydrogen-bond donors (Lipinski definition) is 2. The van der Waals surface area contributed by atoms with Gasteiger partial charge >= 0.3 is 0 Å². The van der Waals surface area contributed by atoms with E-state index in [4.69, 9.17) is 4.74 Å². The quantitative estimate of drug-likeness (QED) is 0.551. The average Bonchev–Trinajstić information content (AvgIpc) is 2.93. The zero-order chi connectivity index (χ0) is 15.6. The van der Waals surface area contributed by atoms with E-state index in [0.29, 0.717) is 19.8 Å². The number of unbranched alkanes of at least 4 members (excludes halogenated alkanes) is 1. The van der Waals surface area contributed by atoms with Gasteiger partial charge in [-0.2, -0.15) is 5.10 Å². The predicted octanol–water partition coefficient (Wildman–Crippen LogP) is 0.588. The van der Waals surface area contributed by atoms with E-state index in [0.717, 1.165) is 25.8 Å². The molecule has 7 nitrogen and oxygen atoms in total. The fraction of sp³-hybridized carbons (Fsp3) is 0.769. The highest BCUT2D eigenvalue weighted by Gasteiger charge is 2.15. The minimum Gasteiger partial charge on any atom is -0.380 e. The zero-order valence-corrected chi connectivity index (χ0v) is 13.7. The van der Waals surface area contributed by atoms with Gasteiger partial charge in [-0.3, -0.25) is 4.68 Å². The van der Waals surface area contributed by atoms with Crippen LogP contribution in [0.4, 0.5) is 0 Å². The summed E-state index contributed by atoms with van der Waals surface area (Å²) >= 11 is 0. The van der Waals surface area contributed by atoms with Crippen LogP contribution in [0.5, 0.6) is 0 Å². The first kappa shape index (κ1) is 18.1. The molecule has 1 aromatic heterocycles. The molecule has 0 atom stereocenters. The van der Waals surface area contributed by atoms with Crippen LogP contribution in [0.1, 0.15) is 26.2 Å². The molecule has 0 bridgehead atoms. The van der Waals surface area contributed by atoms with Crippen molar-refractivity contribution < 1.29 is 13.2 Å². The van der Waals surface area contributed by atoms with E-state index in [-0.39, 0.29) is 11.4 Å². The molecule has 0 radical (unpaired) electrons. The average molecular weight is 318 g/mol. The molecule has 0 aliphatic rings. The fourth-order valence-electron chi connectivity index (χ4n) is 1.70. The van der Waals surface area contributed by atoms with Crippen molar-refractivity contribution in [2.45, 2.75) is 37.6 Å². The second kappa shape index (κ2) is 9.88. The molecule has 1 heterocycles. The highest BCUT2D eigenvalue weighted by Crippen LogP contribution is 2.06. The van der Waals surface area contributed by atoms with E-state index in [1.807, 2.05) is 7.05 Å². The van der Waals surface area contributed by atoms with Gasteiger partial charge in [-0.25, -0.2) is 13.1 Å². The SMILES string of the molecule is CCCCOCCNS(=O)(=O)c1cnn(CCCNC)c1. The zero-order valence-electron chi connectivity index (χ0n) is 12.8. The van der Waals surface area contributed by atoms with Crippen LogP contribution in [0.25, 0.3) is 0 Å². The molecule has 0 unspecified atom stereocenters. The second-order valence-corrected chi connectivity index (χ2v) is 6.53. The Morgan fingerprint density at radius 1 is 1.29 bits per heavy atom. The first-order chi connectivity index (χ1) is 10.1. The third-order valence-electron chi connectivity index (χ3n) is 2.91. The molecular formula is C13H26N4O3S. The van der Waals surface area contributed by atoms with Gasteiger partial charge in [0, 0.05) is 25.9 Å². The van der Waals surface area contributed by atoms with Crippen LogP contribution in [-0.4, -0.2) is 51.5 Å². The molecule has 2 N–H and O–H groups in total. The van der Waals surface area contributed by atoms with E-state index in [1.54, 1.807) is 10.9 Å². The van der Waals surface area contributed by atoms with Gasteiger partial charge in [0.1, 0.15) is 4.90 Å². The van der Waals surface area contributed by atoms with Crippen molar-refractivity contribution in [3.05, 3.63) is 12.4 Å². The van der Waals surface area contributed by atoms with Gasteiger partial charge in [-0.1, -0.05) is 13.3 Å². The Kier molecular flexibility index (Phi) is 8.51. The van der Waals surface area contributed by atoms with E-state index in [1.165, 1.54) is 6.20 Å². The summed E-state index contributed by atoms with van der Waals surface area (Å²) in [5.41, 5.74) is 0. The summed E-state index contributed by atoms with van der Waals surface area (Å²) in [6.07, 6.45) is 5.89. The monoisotopic (exact) mass is 318 g/mol. The molecule has 1 rings (SSSR count). The van der Waals surface area contributed by atoms with E-state index in [2.05, 4.69) is 22.1 Å². The van der Waals surface area contributed by atoms with Gasteiger partial charge < -0.3 is 10.1 Å². The number of ether oxygens (including phenoxy) is 1. The van der Waals surface area contributed by atoms with Crippen LogP contribution in [0.2, 0.25) is 0 Å². The van der Waals surface area contributed by atoms with E-state index >= 15 is 0 Å². The second-order valence-electron chi connectivity index (χ2n) is 4.76. The Balaban J connectivity index is 2.36. The van der Waals surface area contributed by atoms with Gasteiger partial charge in [0.15, 0.2) is 0 Å². The normalized spacial score (nSPS) is 11.9. The Morgan fingerprint density at radius 2 is 2.10 bits per heavy atom. The largest absolute Gasteiger partial charge is 0.380 e. The Labute approximate surface area is 127 Å². The molecule has 0 amide bonds. The van der Waals surface area contributed by atoms with Crippen molar-refractivity contribution in [1.29, 1.82) is 0 Å². The van der Waals surface area contributed by atoms with Crippen LogP contribution < -0.4 is 10.0 Å². The molecule has 0 saturated heterocycles. The highest BCUT2D eigenvalue weighted by molar-refractivity contribution is 7.89. The van der Waals surface area contributed by atoms with Crippen molar-refractivity contribution in [3.8, 4) is 0 Å². The van der Waals surface area contributed by atoms with Crippen molar-refractivity contribution in [1.82, 2.24) is 19.8 Å². The molecule has 0 saturated carbocycles. The number of sulfonamides is 1. The topological polar surface area (TPSA) is 85.2 Å². The lowest BCUT2D eigenvalue weighted by Gasteiger charge is -2.05. The summed E-state index contributed by atoms with van der Waals surface area (Å²) in [6, 6.07) is 0. The molecular weight excluding hydrogens is 292 g/mol. The third-order valence-corrected chi connectivity index (χ3v) is 4.33. The molecule has 0 aromatic carbocycles. The molecule has 0 aliphatic carbocycles. The molecule has 21 heavy (non-hydrogen) atoms. The first-order valence-electron chi connectivity index (χ1n) is 7.34. The van der Waals surface area contributed by atoms with Gasteiger partial charge in [0.2, 0.25) is 10.0 Å². The van der Waals surface area contributed by atoms with E-state index < -0.39 is 10.0 Å². The molecule has 8 heteroatoms. The third kappa shape index (κ3) is 7.03. The summed E-state index contributed by atoms with van der Waals surface area (Å²) in [4.78, 5) is 0.195. The number of nitrogens with zero attached hydrogens (tertiary/aromatic N) is 2. The summed E-state index contributed by atoms with van der Waals surface area (Å²) in [5.74, 6) is 0. The van der Waals surface area contributed by atoms with Crippen LogP contribution >= 0.6 is 0 Å². The molecule has 1 aromatic rings. The standard InChI is InChI=1S/C13H26N4O3S/c1-3-4-9-20-10-7-16-21(18,19)13-11-15-17(12-13)8-5-6-14-2/h11-12,14,16H,3-10H2,1-2H3. The van der Waals surface area contributed by atoms with Crippen LogP contribution in [0, 0.1) is 0 Å². The highest BCUT2D eigenvalue weighted by atomic mass is 32.2. The number of nitrogens with one attached hydrogen (secondary N) is 2. The Bertz CT molecular complexity index is 487. The number of rotatable bonds is 12. The summed E-state index contributed by atoms with van der Waals surface area (Å²) < 4.78 is 33.5. The van der Waals surface area contributed by atoms with Crippen LogP contribution in [-0.2, 0) is 21.3 Å². The Hall–Kier alpha value is -0.960. The minimum absolute atomic E-state index is 0.195. The summed E-state index contributed by atoms with van der Waals surface area (Å²) in [6.45, 7) is 4.97. The maximum Gasteiger partial charge on any atom is 0.243 e. The van der Waals surface area contributed by atoms with Gasteiger partial charge in [-0.15, -0.1) is 0 Å². The lowest BCUT2D eigenvalue weighted by Crippen LogP contribution is -2.27. The van der Waals surface area contributed by atoms with Crippen molar-refractivity contribution in [2.24, 2.45) is 0 Å². The van der Waals surface area contributed by atoms with Crippen molar-refractivity contribution >= 4 is 10.0 Å². The van der Waals surface area contributed by atoms with Crippen molar-refractivity contribution in [2.75, 3.05) is 33.4 Å². The summed E-state index contributed by atoms with van der Waals surface area (Å²) in [5, 5.41) is 7.10.